The predicted molar refractivity (Wildman–Crippen MR) is 70.8 cm³/mol. The minimum Gasteiger partial charge on any atom is -0.453 e. The number of rotatable bonds is 0. The van der Waals surface area contributed by atoms with Crippen LogP contribution in [-0.4, -0.2) is 0 Å². The molecule has 2 aromatic carbocycles. The molecule has 0 aliphatic heterocycles. The summed E-state index contributed by atoms with van der Waals surface area (Å²) >= 11 is 2.27. The number of nitrogens with two attached hydrogens (primary N) is 1. The molecule has 0 saturated heterocycles. The van der Waals surface area contributed by atoms with E-state index in [4.69, 9.17) is 10.2 Å². The van der Waals surface area contributed by atoms with E-state index in [1.807, 2.05) is 30.3 Å². The third-order valence-corrected chi connectivity index (χ3v) is 3.36. The van der Waals surface area contributed by atoms with Crippen LogP contribution in [0.2, 0.25) is 0 Å². The Balaban J connectivity index is 2.63. The normalized spacial score (nSPS) is 11.3. The molecule has 2 N–H and O–H groups in total. The molecule has 0 bridgehead atoms. The van der Waals surface area contributed by atoms with Crippen LogP contribution >= 0.6 is 22.6 Å². The van der Waals surface area contributed by atoms with Gasteiger partial charge in [-0.05, 0) is 34.7 Å². The van der Waals surface area contributed by atoms with Crippen LogP contribution < -0.4 is 5.73 Å². The van der Waals surface area contributed by atoms with Gasteiger partial charge in [-0.3, -0.25) is 0 Å². The number of furan rings is 1. The molecular formula is C12H8INO. The molecule has 0 amide bonds. The number of anilines is 1. The Morgan fingerprint density at radius 1 is 0.933 bits per heavy atom. The lowest BCUT2D eigenvalue weighted by molar-refractivity contribution is 0.668. The molecule has 0 aliphatic rings. The highest BCUT2D eigenvalue weighted by atomic mass is 127. The van der Waals surface area contributed by atoms with Crippen LogP contribution in [0.4, 0.5) is 5.69 Å². The topological polar surface area (TPSA) is 39.2 Å². The summed E-state index contributed by atoms with van der Waals surface area (Å²) in [7, 11) is 0. The zero-order chi connectivity index (χ0) is 10.4. The molecule has 0 aliphatic carbocycles. The number of para-hydroxylation sites is 2. The van der Waals surface area contributed by atoms with E-state index in [2.05, 4.69) is 28.7 Å². The molecule has 0 unspecified atom stereocenters. The summed E-state index contributed by atoms with van der Waals surface area (Å²) in [6.45, 7) is 0. The van der Waals surface area contributed by atoms with Crippen LogP contribution in [0.25, 0.3) is 21.9 Å². The number of hydrogen-bond acceptors (Lipinski definition) is 2. The fourth-order valence-electron chi connectivity index (χ4n) is 1.81. The molecule has 3 aromatic rings. The second-order valence-electron chi connectivity index (χ2n) is 3.44. The third-order valence-electron chi connectivity index (χ3n) is 2.51. The Hall–Kier alpha value is -1.23. The predicted octanol–water partition coefficient (Wildman–Crippen LogP) is 3.77. The lowest BCUT2D eigenvalue weighted by Crippen LogP contribution is -1.82. The first kappa shape index (κ1) is 9.03. The summed E-state index contributed by atoms with van der Waals surface area (Å²) < 4.78 is 6.89. The number of fused-ring (bicyclic) bond motifs is 3. The second-order valence-corrected chi connectivity index (χ2v) is 4.60. The van der Waals surface area contributed by atoms with Crippen molar-refractivity contribution in [2.75, 3.05) is 5.73 Å². The van der Waals surface area contributed by atoms with Crippen molar-refractivity contribution < 1.29 is 4.42 Å². The maximum atomic E-state index is 5.87. The first-order chi connectivity index (χ1) is 7.27. The Bertz CT molecular complexity index is 601. The molecule has 2 nitrogen and oxygen atoms in total. The number of nitrogen functional groups attached to an aromatic ring is 1. The maximum Gasteiger partial charge on any atom is 0.158 e. The van der Waals surface area contributed by atoms with Gasteiger partial charge in [-0.25, -0.2) is 0 Å². The van der Waals surface area contributed by atoms with Crippen molar-refractivity contribution in [2.45, 2.75) is 0 Å². The first-order valence-electron chi connectivity index (χ1n) is 4.62. The van der Waals surface area contributed by atoms with Gasteiger partial charge in [-0.15, -0.1) is 0 Å². The van der Waals surface area contributed by atoms with Gasteiger partial charge >= 0.3 is 0 Å². The van der Waals surface area contributed by atoms with Gasteiger partial charge in [0.25, 0.3) is 0 Å². The van der Waals surface area contributed by atoms with E-state index in [9.17, 15) is 0 Å². The highest BCUT2D eigenvalue weighted by molar-refractivity contribution is 14.1. The van der Waals surface area contributed by atoms with Gasteiger partial charge in [-0.2, -0.15) is 0 Å². The first-order valence-corrected chi connectivity index (χ1v) is 5.70. The average Bonchev–Trinajstić information content (AvgIpc) is 2.60. The zero-order valence-corrected chi connectivity index (χ0v) is 9.99. The van der Waals surface area contributed by atoms with Gasteiger partial charge < -0.3 is 10.2 Å². The quantitative estimate of drug-likeness (QED) is 0.507. The van der Waals surface area contributed by atoms with Gasteiger partial charge in [0.15, 0.2) is 5.58 Å². The minimum atomic E-state index is 0.694. The minimum absolute atomic E-state index is 0.694. The van der Waals surface area contributed by atoms with E-state index >= 15 is 0 Å². The standard InChI is InChI=1S/C12H8INO/c13-9-5-1-3-7-8-4-2-6-10(14)12(8)15-11(7)9/h1-6H,14H2. The molecule has 3 rings (SSSR count). The summed E-state index contributed by atoms with van der Waals surface area (Å²) in [5.74, 6) is 0. The second kappa shape index (κ2) is 3.13. The van der Waals surface area contributed by atoms with Crippen molar-refractivity contribution >= 4 is 50.2 Å². The molecule has 1 heterocycles. The Kier molecular flexibility index (Phi) is 1.88. The summed E-state index contributed by atoms with van der Waals surface area (Å²) in [5, 5.41) is 2.22. The molecule has 0 fully saturated rings. The summed E-state index contributed by atoms with van der Waals surface area (Å²) in [6, 6.07) is 12.0. The van der Waals surface area contributed by atoms with Gasteiger partial charge in [0.05, 0.1) is 9.26 Å². The van der Waals surface area contributed by atoms with Crippen LogP contribution in [0.15, 0.2) is 40.8 Å². The van der Waals surface area contributed by atoms with Crippen molar-refractivity contribution in [2.24, 2.45) is 0 Å². The van der Waals surface area contributed by atoms with Crippen molar-refractivity contribution in [3.8, 4) is 0 Å². The lowest BCUT2D eigenvalue weighted by Gasteiger charge is -1.91. The van der Waals surface area contributed by atoms with Crippen molar-refractivity contribution in [3.63, 3.8) is 0 Å². The molecule has 74 valence electrons. The van der Waals surface area contributed by atoms with E-state index < -0.39 is 0 Å². The molecule has 15 heavy (non-hydrogen) atoms. The van der Waals surface area contributed by atoms with Crippen molar-refractivity contribution in [1.82, 2.24) is 0 Å². The van der Waals surface area contributed by atoms with E-state index in [0.717, 1.165) is 25.5 Å². The molecular weight excluding hydrogens is 301 g/mol. The highest BCUT2D eigenvalue weighted by Crippen LogP contribution is 2.33. The molecule has 0 atom stereocenters. The SMILES string of the molecule is Nc1cccc2c1oc1c(I)cccc12. The lowest BCUT2D eigenvalue weighted by atomic mass is 10.1. The van der Waals surface area contributed by atoms with Crippen molar-refractivity contribution in [1.29, 1.82) is 0 Å². The monoisotopic (exact) mass is 309 g/mol. The van der Waals surface area contributed by atoms with E-state index in [1.54, 1.807) is 0 Å². The summed E-state index contributed by atoms with van der Waals surface area (Å²) in [5.41, 5.74) is 8.28. The molecule has 0 saturated carbocycles. The van der Waals surface area contributed by atoms with Crippen LogP contribution in [0.1, 0.15) is 0 Å². The van der Waals surface area contributed by atoms with E-state index in [-0.39, 0.29) is 0 Å². The van der Waals surface area contributed by atoms with E-state index in [1.165, 1.54) is 0 Å². The Morgan fingerprint density at radius 3 is 2.40 bits per heavy atom. The molecule has 0 radical (unpaired) electrons. The van der Waals surface area contributed by atoms with Crippen LogP contribution in [0.3, 0.4) is 0 Å². The fourth-order valence-corrected chi connectivity index (χ4v) is 2.42. The number of benzene rings is 2. The fraction of sp³-hybridized carbons (Fsp3) is 0. The Labute approximate surface area is 100 Å². The zero-order valence-electron chi connectivity index (χ0n) is 7.83. The smallest absolute Gasteiger partial charge is 0.158 e. The van der Waals surface area contributed by atoms with Crippen LogP contribution in [0, 0.1) is 3.57 Å². The van der Waals surface area contributed by atoms with Gasteiger partial charge in [0.2, 0.25) is 0 Å². The van der Waals surface area contributed by atoms with Crippen LogP contribution in [0.5, 0.6) is 0 Å². The Morgan fingerprint density at radius 2 is 1.60 bits per heavy atom. The molecule has 0 spiro atoms. The average molecular weight is 309 g/mol. The molecule has 3 heteroatoms. The highest BCUT2D eigenvalue weighted by Gasteiger charge is 2.10. The summed E-state index contributed by atoms with van der Waals surface area (Å²) in [4.78, 5) is 0. The third kappa shape index (κ3) is 1.23. The maximum absolute atomic E-state index is 5.87. The number of hydrogen-bond donors (Lipinski definition) is 1. The van der Waals surface area contributed by atoms with E-state index in [0.29, 0.717) is 5.69 Å². The van der Waals surface area contributed by atoms with Crippen LogP contribution in [-0.2, 0) is 0 Å². The van der Waals surface area contributed by atoms with Gasteiger partial charge in [0.1, 0.15) is 5.58 Å². The van der Waals surface area contributed by atoms with Gasteiger partial charge in [-0.1, -0.05) is 24.3 Å². The largest absolute Gasteiger partial charge is 0.453 e. The number of halogens is 1. The van der Waals surface area contributed by atoms with Crippen molar-refractivity contribution in [3.05, 3.63) is 40.0 Å². The molecule has 1 aromatic heterocycles. The van der Waals surface area contributed by atoms with Gasteiger partial charge in [0, 0.05) is 10.8 Å². The summed E-state index contributed by atoms with van der Waals surface area (Å²) in [6.07, 6.45) is 0.